The summed E-state index contributed by atoms with van der Waals surface area (Å²) < 4.78 is 9.33. The normalized spacial score (nSPS) is 19.2. The van der Waals surface area contributed by atoms with E-state index in [-0.39, 0.29) is 16.8 Å². The Kier molecular flexibility index (Phi) is 6.55. The molecular formula is C19H24N2O6. The van der Waals surface area contributed by atoms with Gasteiger partial charge in [-0.2, -0.15) is 0 Å². The third-order valence-electron chi connectivity index (χ3n) is 4.44. The van der Waals surface area contributed by atoms with Gasteiger partial charge in [0.25, 0.3) is 0 Å². The molecule has 1 saturated heterocycles. The first-order valence-corrected chi connectivity index (χ1v) is 8.67. The van der Waals surface area contributed by atoms with E-state index in [0.717, 1.165) is 6.42 Å². The predicted molar refractivity (Wildman–Crippen MR) is 97.3 cm³/mol. The lowest BCUT2D eigenvalue weighted by atomic mass is 9.92. The fourth-order valence-electron chi connectivity index (χ4n) is 3.33. The Balaban J connectivity index is 2.25. The van der Waals surface area contributed by atoms with Gasteiger partial charge in [0.05, 0.1) is 31.0 Å². The predicted octanol–water partition coefficient (Wildman–Crippen LogP) is 1.70. The minimum absolute atomic E-state index is 0.0150. The van der Waals surface area contributed by atoms with Crippen molar-refractivity contribution >= 4 is 29.4 Å². The quantitative estimate of drug-likeness (QED) is 0.636. The standard InChI is InChI=1S/C19H24N2O6/c1-11-7-12(2)10-21(9-11)17(23)16(22)20-15-8-13(18(24)26-3)5-6-14(15)19(25)27-4/h5-6,8,11-12H,7,9-10H2,1-4H3,(H,20,22). The van der Waals surface area contributed by atoms with Crippen LogP contribution in [0.3, 0.4) is 0 Å². The molecule has 0 saturated carbocycles. The van der Waals surface area contributed by atoms with Crippen LogP contribution >= 0.6 is 0 Å². The number of benzene rings is 1. The zero-order valence-electron chi connectivity index (χ0n) is 15.9. The molecule has 8 nitrogen and oxygen atoms in total. The number of methoxy groups -OCH3 is 2. The zero-order chi connectivity index (χ0) is 20.1. The molecule has 1 N–H and O–H groups in total. The highest BCUT2D eigenvalue weighted by Crippen LogP contribution is 2.23. The number of esters is 2. The molecule has 1 aliphatic heterocycles. The second kappa shape index (κ2) is 8.66. The SMILES string of the molecule is COC(=O)c1ccc(C(=O)OC)c(NC(=O)C(=O)N2CC(C)CC(C)C2)c1. The van der Waals surface area contributed by atoms with Gasteiger partial charge in [0.15, 0.2) is 0 Å². The lowest BCUT2D eigenvalue weighted by molar-refractivity contribution is -0.144. The summed E-state index contributed by atoms with van der Waals surface area (Å²) in [6, 6.07) is 4.00. The van der Waals surface area contributed by atoms with Crippen LogP contribution in [0.4, 0.5) is 5.69 Å². The summed E-state index contributed by atoms with van der Waals surface area (Å²) in [7, 11) is 2.42. The van der Waals surface area contributed by atoms with Crippen LogP contribution in [0.5, 0.6) is 0 Å². The van der Waals surface area contributed by atoms with E-state index in [0.29, 0.717) is 24.9 Å². The maximum absolute atomic E-state index is 12.5. The number of rotatable bonds is 3. The van der Waals surface area contributed by atoms with E-state index in [4.69, 9.17) is 0 Å². The smallest absolute Gasteiger partial charge is 0.339 e. The summed E-state index contributed by atoms with van der Waals surface area (Å²) in [4.78, 5) is 50.2. The molecule has 1 aromatic rings. The van der Waals surface area contributed by atoms with Crippen LogP contribution in [0.2, 0.25) is 0 Å². The lowest BCUT2D eigenvalue weighted by Crippen LogP contribution is -2.47. The topological polar surface area (TPSA) is 102 Å². The highest BCUT2D eigenvalue weighted by molar-refractivity contribution is 6.40. The minimum atomic E-state index is -0.872. The summed E-state index contributed by atoms with van der Waals surface area (Å²) in [5.41, 5.74) is 0.181. The van der Waals surface area contributed by atoms with Crippen molar-refractivity contribution in [3.63, 3.8) is 0 Å². The molecule has 2 atom stereocenters. The van der Waals surface area contributed by atoms with Crippen molar-refractivity contribution in [1.29, 1.82) is 0 Å². The maximum atomic E-state index is 12.5. The molecule has 2 rings (SSSR count). The monoisotopic (exact) mass is 376 g/mol. The number of hydrogen-bond acceptors (Lipinski definition) is 6. The first-order chi connectivity index (χ1) is 12.8. The van der Waals surface area contributed by atoms with Gasteiger partial charge in [-0.1, -0.05) is 13.8 Å². The fraction of sp³-hybridized carbons (Fsp3) is 0.474. The van der Waals surface area contributed by atoms with Gasteiger partial charge < -0.3 is 19.7 Å². The molecule has 0 radical (unpaired) electrons. The Bertz CT molecular complexity index is 751. The molecule has 1 aliphatic rings. The molecule has 0 aliphatic carbocycles. The first kappa shape index (κ1) is 20.4. The van der Waals surface area contributed by atoms with Gasteiger partial charge in [0, 0.05) is 13.1 Å². The number of hydrogen-bond donors (Lipinski definition) is 1. The van der Waals surface area contributed by atoms with E-state index in [1.807, 2.05) is 13.8 Å². The molecule has 27 heavy (non-hydrogen) atoms. The van der Waals surface area contributed by atoms with E-state index in [9.17, 15) is 19.2 Å². The molecule has 0 spiro atoms. The van der Waals surface area contributed by atoms with Crippen molar-refractivity contribution in [2.45, 2.75) is 20.3 Å². The molecule has 0 bridgehead atoms. The van der Waals surface area contributed by atoms with E-state index in [1.54, 1.807) is 0 Å². The van der Waals surface area contributed by atoms with Gasteiger partial charge >= 0.3 is 23.8 Å². The van der Waals surface area contributed by atoms with Crippen LogP contribution in [-0.4, -0.2) is 56.0 Å². The summed E-state index contributed by atoms with van der Waals surface area (Å²) >= 11 is 0. The number of carbonyl (C=O) groups excluding carboxylic acids is 4. The van der Waals surface area contributed by atoms with Crippen molar-refractivity contribution in [3.05, 3.63) is 29.3 Å². The highest BCUT2D eigenvalue weighted by Gasteiger charge is 2.30. The van der Waals surface area contributed by atoms with Crippen LogP contribution in [0.1, 0.15) is 41.0 Å². The van der Waals surface area contributed by atoms with Gasteiger partial charge in [0.2, 0.25) is 0 Å². The number of nitrogens with zero attached hydrogens (tertiary/aromatic N) is 1. The summed E-state index contributed by atoms with van der Waals surface area (Å²) in [5, 5.41) is 2.43. The number of ether oxygens (including phenoxy) is 2. The van der Waals surface area contributed by atoms with Crippen LogP contribution < -0.4 is 5.32 Å². The largest absolute Gasteiger partial charge is 0.465 e. The second-order valence-electron chi connectivity index (χ2n) is 6.85. The van der Waals surface area contributed by atoms with Crippen LogP contribution in [0.25, 0.3) is 0 Å². The van der Waals surface area contributed by atoms with Gasteiger partial charge in [-0.3, -0.25) is 9.59 Å². The molecule has 8 heteroatoms. The van der Waals surface area contributed by atoms with Crippen molar-refractivity contribution in [2.75, 3.05) is 32.6 Å². The number of carbonyl (C=O) groups is 4. The van der Waals surface area contributed by atoms with Gasteiger partial charge in [-0.15, -0.1) is 0 Å². The lowest BCUT2D eigenvalue weighted by Gasteiger charge is -2.34. The van der Waals surface area contributed by atoms with E-state index in [1.165, 1.54) is 37.3 Å². The fourth-order valence-corrected chi connectivity index (χ4v) is 3.33. The van der Waals surface area contributed by atoms with E-state index >= 15 is 0 Å². The molecule has 2 amide bonds. The van der Waals surface area contributed by atoms with Crippen molar-refractivity contribution in [1.82, 2.24) is 4.90 Å². The Morgan fingerprint density at radius 1 is 1.00 bits per heavy atom. The number of amides is 2. The third kappa shape index (κ3) is 4.84. The minimum Gasteiger partial charge on any atom is -0.465 e. The second-order valence-corrected chi connectivity index (χ2v) is 6.85. The molecule has 2 unspecified atom stereocenters. The van der Waals surface area contributed by atoms with E-state index in [2.05, 4.69) is 14.8 Å². The van der Waals surface area contributed by atoms with Crippen LogP contribution in [-0.2, 0) is 19.1 Å². The number of anilines is 1. The van der Waals surface area contributed by atoms with Crippen molar-refractivity contribution in [2.24, 2.45) is 11.8 Å². The Morgan fingerprint density at radius 3 is 2.15 bits per heavy atom. The Labute approximate surface area is 157 Å². The summed E-state index contributed by atoms with van der Waals surface area (Å²) in [6.07, 6.45) is 0.999. The Hall–Kier alpha value is -2.90. The number of nitrogens with one attached hydrogen (secondary N) is 1. The third-order valence-corrected chi connectivity index (χ3v) is 4.44. The van der Waals surface area contributed by atoms with Gasteiger partial charge in [-0.05, 0) is 36.5 Å². The van der Waals surface area contributed by atoms with Crippen molar-refractivity contribution in [3.8, 4) is 0 Å². The van der Waals surface area contributed by atoms with Gasteiger partial charge in [-0.25, -0.2) is 9.59 Å². The molecule has 1 fully saturated rings. The average Bonchev–Trinajstić information content (AvgIpc) is 2.65. The molecule has 1 aromatic carbocycles. The highest BCUT2D eigenvalue weighted by atomic mass is 16.5. The van der Waals surface area contributed by atoms with Crippen LogP contribution in [0, 0.1) is 11.8 Å². The molecule has 0 aromatic heterocycles. The first-order valence-electron chi connectivity index (χ1n) is 8.67. The zero-order valence-corrected chi connectivity index (χ0v) is 15.9. The summed E-state index contributed by atoms with van der Waals surface area (Å²) in [5.74, 6) is -2.27. The molecule has 1 heterocycles. The average molecular weight is 376 g/mol. The molecule has 146 valence electrons. The molecular weight excluding hydrogens is 352 g/mol. The summed E-state index contributed by atoms with van der Waals surface area (Å²) in [6.45, 7) is 5.07. The van der Waals surface area contributed by atoms with Crippen LogP contribution in [0.15, 0.2) is 18.2 Å². The van der Waals surface area contributed by atoms with Crippen molar-refractivity contribution < 1.29 is 28.7 Å². The van der Waals surface area contributed by atoms with E-state index < -0.39 is 23.8 Å². The number of likely N-dealkylation sites (tertiary alicyclic amines) is 1. The Morgan fingerprint density at radius 2 is 1.59 bits per heavy atom. The van der Waals surface area contributed by atoms with Gasteiger partial charge in [0.1, 0.15) is 0 Å². The maximum Gasteiger partial charge on any atom is 0.339 e. The number of piperidine rings is 1.